The second-order valence-electron chi connectivity index (χ2n) is 7.57. The minimum absolute atomic E-state index is 0.617. The zero-order valence-corrected chi connectivity index (χ0v) is 16.9. The van der Waals surface area contributed by atoms with E-state index >= 15 is 0 Å². The predicted octanol–water partition coefficient (Wildman–Crippen LogP) is 3.02. The zero-order chi connectivity index (χ0) is 18.5. The highest BCUT2D eigenvalue weighted by Crippen LogP contribution is 2.29. The highest BCUT2D eigenvalue weighted by Gasteiger charge is 2.25. The molecule has 2 aliphatic heterocycles. The molecule has 1 aromatic rings. The summed E-state index contributed by atoms with van der Waals surface area (Å²) in [6.45, 7) is 8.02. The average Bonchev–Trinajstić information content (AvgIpc) is 3.29. The Morgan fingerprint density at radius 1 is 1.38 bits per heavy atom. The van der Waals surface area contributed by atoms with Gasteiger partial charge in [-0.3, -0.25) is 4.99 Å². The van der Waals surface area contributed by atoms with Gasteiger partial charge in [0.05, 0.1) is 6.61 Å². The number of benzene rings is 1. The van der Waals surface area contributed by atoms with Crippen LogP contribution in [-0.4, -0.2) is 64.3 Å². The number of hydrogen-bond acceptors (Lipinski definition) is 3. The number of rotatable bonds is 5. The highest BCUT2D eigenvalue weighted by atomic mass is 35.5. The number of halogens is 1. The van der Waals surface area contributed by atoms with Gasteiger partial charge in [0.25, 0.3) is 0 Å². The Morgan fingerprint density at radius 2 is 2.23 bits per heavy atom. The van der Waals surface area contributed by atoms with Crippen molar-refractivity contribution in [3.05, 3.63) is 28.8 Å². The normalized spacial score (nSPS) is 23.5. The van der Waals surface area contributed by atoms with Gasteiger partial charge in [-0.25, -0.2) is 0 Å². The minimum atomic E-state index is 0.617. The first-order valence-electron chi connectivity index (χ1n) is 9.57. The number of nitrogens with zero attached hydrogens (tertiary/aromatic N) is 3. The van der Waals surface area contributed by atoms with Crippen molar-refractivity contribution >= 4 is 23.2 Å². The Kier molecular flexibility index (Phi) is 6.65. The van der Waals surface area contributed by atoms with Crippen molar-refractivity contribution in [3.63, 3.8) is 0 Å². The summed E-state index contributed by atoms with van der Waals surface area (Å²) in [6, 6.07) is 6.15. The van der Waals surface area contributed by atoms with Crippen LogP contribution < -0.4 is 10.2 Å². The Morgan fingerprint density at radius 3 is 2.96 bits per heavy atom. The minimum Gasteiger partial charge on any atom is -0.381 e. The van der Waals surface area contributed by atoms with E-state index in [1.165, 1.54) is 17.7 Å². The summed E-state index contributed by atoms with van der Waals surface area (Å²) in [5.41, 5.74) is 2.56. The Hall–Kier alpha value is -1.46. The lowest BCUT2D eigenvalue weighted by Crippen LogP contribution is -2.43. The average molecular weight is 379 g/mol. The highest BCUT2D eigenvalue weighted by molar-refractivity contribution is 6.30. The van der Waals surface area contributed by atoms with Crippen molar-refractivity contribution in [3.8, 4) is 0 Å². The van der Waals surface area contributed by atoms with Crippen molar-refractivity contribution in [2.75, 3.05) is 58.4 Å². The van der Waals surface area contributed by atoms with E-state index in [-0.39, 0.29) is 0 Å². The van der Waals surface area contributed by atoms with Gasteiger partial charge in [0, 0.05) is 63.5 Å². The number of aryl methyl sites for hydroxylation is 1. The summed E-state index contributed by atoms with van der Waals surface area (Å²) >= 11 is 6.19. The smallest absolute Gasteiger partial charge is 0.193 e. The molecular formula is C20H31ClN4O. The van der Waals surface area contributed by atoms with Crippen LogP contribution in [0, 0.1) is 18.8 Å². The molecule has 0 saturated carbocycles. The van der Waals surface area contributed by atoms with Crippen LogP contribution in [0.25, 0.3) is 0 Å². The van der Waals surface area contributed by atoms with Gasteiger partial charge in [0.15, 0.2) is 5.96 Å². The summed E-state index contributed by atoms with van der Waals surface area (Å²) in [5, 5.41) is 4.38. The molecule has 1 N–H and O–H groups in total. The first kappa shape index (κ1) is 19.3. The van der Waals surface area contributed by atoms with Crippen molar-refractivity contribution in [1.82, 2.24) is 10.2 Å². The molecule has 2 unspecified atom stereocenters. The fourth-order valence-electron chi connectivity index (χ4n) is 3.96. The number of aliphatic imine (C=N–C) groups is 1. The molecule has 2 fully saturated rings. The van der Waals surface area contributed by atoms with E-state index in [9.17, 15) is 0 Å². The van der Waals surface area contributed by atoms with E-state index < -0.39 is 0 Å². The van der Waals surface area contributed by atoms with Gasteiger partial charge in [-0.2, -0.15) is 0 Å². The van der Waals surface area contributed by atoms with Crippen LogP contribution in [0.15, 0.2) is 23.2 Å². The fourth-order valence-corrected chi connectivity index (χ4v) is 4.13. The first-order valence-corrected chi connectivity index (χ1v) is 9.95. The van der Waals surface area contributed by atoms with E-state index in [0.717, 1.165) is 56.8 Å². The van der Waals surface area contributed by atoms with Gasteiger partial charge < -0.3 is 19.9 Å². The molecule has 26 heavy (non-hydrogen) atoms. The second-order valence-corrected chi connectivity index (χ2v) is 8.01. The molecule has 2 aliphatic rings. The maximum atomic E-state index is 6.19. The first-order chi connectivity index (χ1) is 12.6. The maximum absolute atomic E-state index is 6.19. The third-order valence-electron chi connectivity index (χ3n) is 5.48. The molecule has 0 aliphatic carbocycles. The topological polar surface area (TPSA) is 40.1 Å². The molecule has 0 radical (unpaired) electrons. The Labute approximate surface area is 162 Å². The zero-order valence-electron chi connectivity index (χ0n) is 16.2. The predicted molar refractivity (Wildman–Crippen MR) is 109 cm³/mol. The third-order valence-corrected chi connectivity index (χ3v) is 5.71. The molecule has 3 rings (SSSR count). The van der Waals surface area contributed by atoms with Crippen LogP contribution in [0.4, 0.5) is 5.69 Å². The quantitative estimate of drug-likeness (QED) is 0.631. The lowest BCUT2D eigenvalue weighted by Gasteiger charge is -2.26. The molecule has 6 heteroatoms. The van der Waals surface area contributed by atoms with Gasteiger partial charge in [0.1, 0.15) is 0 Å². The summed E-state index contributed by atoms with van der Waals surface area (Å²) in [7, 11) is 3.98. The largest absolute Gasteiger partial charge is 0.381 e. The van der Waals surface area contributed by atoms with Gasteiger partial charge >= 0.3 is 0 Å². The molecular weight excluding hydrogens is 348 g/mol. The van der Waals surface area contributed by atoms with E-state index in [1.807, 2.05) is 13.1 Å². The van der Waals surface area contributed by atoms with E-state index in [1.54, 1.807) is 0 Å². The van der Waals surface area contributed by atoms with Gasteiger partial charge in [-0.15, -0.1) is 0 Å². The summed E-state index contributed by atoms with van der Waals surface area (Å²) in [4.78, 5) is 9.14. The van der Waals surface area contributed by atoms with Crippen molar-refractivity contribution in [1.29, 1.82) is 0 Å². The Bertz CT molecular complexity index is 630. The molecule has 0 bridgehead atoms. The van der Waals surface area contributed by atoms with Crippen LogP contribution >= 0.6 is 11.6 Å². The number of ether oxygens (including phenoxy) is 1. The third kappa shape index (κ3) is 4.83. The summed E-state index contributed by atoms with van der Waals surface area (Å²) in [6.07, 6.45) is 2.34. The molecule has 2 atom stereocenters. The molecule has 2 heterocycles. The van der Waals surface area contributed by atoms with Crippen LogP contribution in [0.1, 0.15) is 18.4 Å². The standard InChI is InChI=1S/C20H31ClN4O/c1-15-4-5-18(21)10-19(15)25-8-6-16(13-25)11-23-20(22-2)24(3)12-17-7-9-26-14-17/h4-5,10,16-17H,6-9,11-14H2,1-3H3,(H,22,23). The number of guanidine groups is 1. The molecule has 0 amide bonds. The SMILES string of the molecule is CN=C(NCC1CCN(c2cc(Cl)ccc2C)C1)N(C)CC1CCOC1. The van der Waals surface area contributed by atoms with Crippen molar-refractivity contribution in [2.45, 2.75) is 19.8 Å². The van der Waals surface area contributed by atoms with Crippen molar-refractivity contribution < 1.29 is 4.74 Å². The van der Waals surface area contributed by atoms with Crippen LogP contribution in [0.5, 0.6) is 0 Å². The summed E-state index contributed by atoms with van der Waals surface area (Å²) < 4.78 is 5.48. The van der Waals surface area contributed by atoms with Crippen molar-refractivity contribution in [2.24, 2.45) is 16.8 Å². The molecule has 144 valence electrons. The molecule has 1 aromatic carbocycles. The second kappa shape index (κ2) is 8.96. The molecule has 0 spiro atoms. The maximum Gasteiger partial charge on any atom is 0.193 e. The molecule has 0 aromatic heterocycles. The molecule has 2 saturated heterocycles. The summed E-state index contributed by atoms with van der Waals surface area (Å²) in [5.74, 6) is 2.22. The van der Waals surface area contributed by atoms with Gasteiger partial charge in [-0.1, -0.05) is 17.7 Å². The van der Waals surface area contributed by atoms with Gasteiger partial charge in [-0.05, 0) is 43.4 Å². The van der Waals surface area contributed by atoms with E-state index in [0.29, 0.717) is 11.8 Å². The lowest BCUT2D eigenvalue weighted by atomic mass is 10.1. The fraction of sp³-hybridized carbons (Fsp3) is 0.650. The van der Waals surface area contributed by atoms with Crippen LogP contribution in [0.2, 0.25) is 5.02 Å². The number of anilines is 1. The van der Waals surface area contributed by atoms with E-state index in [2.05, 4.69) is 46.2 Å². The van der Waals surface area contributed by atoms with Crippen LogP contribution in [-0.2, 0) is 4.74 Å². The number of nitrogens with one attached hydrogen (secondary N) is 1. The van der Waals surface area contributed by atoms with E-state index in [4.69, 9.17) is 16.3 Å². The van der Waals surface area contributed by atoms with Gasteiger partial charge in [0.2, 0.25) is 0 Å². The number of hydrogen-bond donors (Lipinski definition) is 1. The lowest BCUT2D eigenvalue weighted by molar-refractivity contribution is 0.181. The monoisotopic (exact) mass is 378 g/mol. The molecule has 5 nitrogen and oxygen atoms in total. The van der Waals surface area contributed by atoms with Crippen LogP contribution in [0.3, 0.4) is 0 Å². The Balaban J connectivity index is 1.49.